The van der Waals surface area contributed by atoms with Crippen LogP contribution in [0.3, 0.4) is 0 Å². The van der Waals surface area contributed by atoms with E-state index in [1.165, 1.54) is 37.4 Å². The number of halogens is 1. The summed E-state index contributed by atoms with van der Waals surface area (Å²) in [6, 6.07) is 9.34. The first kappa shape index (κ1) is 17.6. The SMILES string of the molecule is COc1ccc(C(=O)O)cc1S(=O)(=O)Nc1ccc(Cl)c(C#N)c1. The highest BCUT2D eigenvalue weighted by Gasteiger charge is 2.22. The van der Waals surface area contributed by atoms with Gasteiger partial charge in [0.1, 0.15) is 16.7 Å². The molecule has 2 N–H and O–H groups in total. The van der Waals surface area contributed by atoms with Gasteiger partial charge in [-0.3, -0.25) is 4.72 Å². The number of aromatic carboxylic acids is 1. The summed E-state index contributed by atoms with van der Waals surface area (Å²) in [5, 5.41) is 18.1. The van der Waals surface area contributed by atoms with Crippen molar-refractivity contribution in [3.05, 3.63) is 52.5 Å². The fourth-order valence-corrected chi connectivity index (χ4v) is 3.31. The molecule has 124 valence electrons. The molecule has 0 saturated carbocycles. The molecule has 24 heavy (non-hydrogen) atoms. The van der Waals surface area contributed by atoms with Crippen molar-refractivity contribution in [2.45, 2.75) is 4.90 Å². The third kappa shape index (κ3) is 3.59. The second-order valence-corrected chi connectivity index (χ2v) is 6.64. The number of anilines is 1. The van der Waals surface area contributed by atoms with Crippen LogP contribution in [0.15, 0.2) is 41.3 Å². The number of hydrogen-bond acceptors (Lipinski definition) is 5. The normalized spacial score (nSPS) is 10.7. The van der Waals surface area contributed by atoms with Crippen molar-refractivity contribution >= 4 is 33.3 Å². The van der Waals surface area contributed by atoms with E-state index in [2.05, 4.69) is 4.72 Å². The first-order valence-electron chi connectivity index (χ1n) is 6.42. The molecule has 0 radical (unpaired) electrons. The fraction of sp³-hybridized carbons (Fsp3) is 0.0667. The van der Waals surface area contributed by atoms with Crippen LogP contribution in [0.1, 0.15) is 15.9 Å². The van der Waals surface area contributed by atoms with Gasteiger partial charge in [0.2, 0.25) is 0 Å². The number of nitriles is 1. The highest BCUT2D eigenvalue weighted by Crippen LogP contribution is 2.28. The molecule has 0 aromatic heterocycles. The Kier molecular flexibility index (Phi) is 4.97. The van der Waals surface area contributed by atoms with Crippen molar-refractivity contribution in [3.63, 3.8) is 0 Å². The maximum absolute atomic E-state index is 12.5. The van der Waals surface area contributed by atoms with E-state index in [1.54, 1.807) is 0 Å². The van der Waals surface area contributed by atoms with Gasteiger partial charge in [-0.25, -0.2) is 13.2 Å². The molecule has 0 atom stereocenters. The lowest BCUT2D eigenvalue weighted by molar-refractivity contribution is 0.0696. The minimum atomic E-state index is -4.14. The third-order valence-electron chi connectivity index (χ3n) is 3.04. The van der Waals surface area contributed by atoms with Crippen LogP contribution in [0, 0.1) is 11.3 Å². The molecule has 9 heteroatoms. The maximum atomic E-state index is 12.5. The topological polar surface area (TPSA) is 116 Å². The van der Waals surface area contributed by atoms with Gasteiger partial charge >= 0.3 is 5.97 Å². The van der Waals surface area contributed by atoms with Crippen molar-refractivity contribution in [2.24, 2.45) is 0 Å². The Hall–Kier alpha value is -2.76. The Balaban J connectivity index is 2.49. The number of carbonyl (C=O) groups is 1. The van der Waals surface area contributed by atoms with Gasteiger partial charge in [0, 0.05) is 0 Å². The molecule has 0 fully saturated rings. The van der Waals surface area contributed by atoms with E-state index < -0.39 is 16.0 Å². The number of ether oxygens (including phenoxy) is 1. The molecular formula is C15H11ClN2O5S. The molecule has 0 aliphatic heterocycles. The number of benzene rings is 2. The molecule has 0 unspecified atom stereocenters. The second-order valence-electron chi connectivity index (χ2n) is 4.58. The number of nitrogens with one attached hydrogen (secondary N) is 1. The number of nitrogens with zero attached hydrogens (tertiary/aromatic N) is 1. The lowest BCUT2D eigenvalue weighted by Gasteiger charge is -2.12. The Labute approximate surface area is 143 Å². The first-order valence-corrected chi connectivity index (χ1v) is 8.28. The molecule has 0 aliphatic carbocycles. The first-order chi connectivity index (χ1) is 11.3. The lowest BCUT2D eigenvalue weighted by Crippen LogP contribution is -2.15. The van der Waals surface area contributed by atoms with E-state index >= 15 is 0 Å². The Morgan fingerprint density at radius 1 is 1.29 bits per heavy atom. The zero-order valence-corrected chi connectivity index (χ0v) is 13.9. The molecule has 0 heterocycles. The standard InChI is InChI=1S/C15H11ClN2O5S/c1-23-13-5-2-9(15(19)20)7-14(13)24(21,22)18-11-3-4-12(16)10(6-11)8-17/h2-7,18H,1H3,(H,19,20). The van der Waals surface area contributed by atoms with E-state index in [4.69, 9.17) is 26.7 Å². The van der Waals surface area contributed by atoms with Crippen LogP contribution in [0.2, 0.25) is 5.02 Å². The molecule has 0 spiro atoms. The van der Waals surface area contributed by atoms with Gasteiger partial charge in [0.25, 0.3) is 10.0 Å². The lowest BCUT2D eigenvalue weighted by atomic mass is 10.2. The highest BCUT2D eigenvalue weighted by atomic mass is 35.5. The molecular weight excluding hydrogens is 356 g/mol. The smallest absolute Gasteiger partial charge is 0.335 e. The van der Waals surface area contributed by atoms with E-state index in [9.17, 15) is 13.2 Å². The molecule has 0 saturated heterocycles. The third-order valence-corrected chi connectivity index (χ3v) is 4.77. The van der Waals surface area contributed by atoms with Crippen molar-refractivity contribution in [1.29, 1.82) is 5.26 Å². The summed E-state index contributed by atoms with van der Waals surface area (Å²) in [7, 11) is -2.87. The van der Waals surface area contributed by atoms with Gasteiger partial charge in [-0.05, 0) is 36.4 Å². The second kappa shape index (κ2) is 6.78. The van der Waals surface area contributed by atoms with E-state index in [-0.39, 0.29) is 32.5 Å². The van der Waals surface area contributed by atoms with Crippen LogP contribution in [0.4, 0.5) is 5.69 Å². The van der Waals surface area contributed by atoms with Crippen LogP contribution in [0.5, 0.6) is 5.75 Å². The van der Waals surface area contributed by atoms with Crippen molar-refractivity contribution in [1.82, 2.24) is 0 Å². The molecule has 0 bridgehead atoms. The minimum Gasteiger partial charge on any atom is -0.495 e. The summed E-state index contributed by atoms with van der Waals surface area (Å²) in [6.07, 6.45) is 0. The van der Waals surface area contributed by atoms with E-state index in [0.29, 0.717) is 0 Å². The van der Waals surface area contributed by atoms with Gasteiger partial charge in [-0.15, -0.1) is 0 Å². The summed E-state index contributed by atoms with van der Waals surface area (Å²) >= 11 is 5.80. The number of hydrogen-bond donors (Lipinski definition) is 2. The van der Waals surface area contributed by atoms with Crippen LogP contribution >= 0.6 is 11.6 Å². The van der Waals surface area contributed by atoms with Gasteiger partial charge in [-0.2, -0.15) is 5.26 Å². The van der Waals surface area contributed by atoms with Crippen molar-refractivity contribution in [2.75, 3.05) is 11.8 Å². The largest absolute Gasteiger partial charge is 0.495 e. The van der Waals surface area contributed by atoms with Gasteiger partial charge < -0.3 is 9.84 Å². The number of rotatable bonds is 5. The predicted octanol–water partition coefficient (Wildman–Crippen LogP) is 2.72. The molecule has 7 nitrogen and oxygen atoms in total. The summed E-state index contributed by atoms with van der Waals surface area (Å²) in [5.74, 6) is -1.28. The molecule has 0 amide bonds. The van der Waals surface area contributed by atoms with E-state index in [0.717, 1.165) is 6.07 Å². The zero-order valence-electron chi connectivity index (χ0n) is 12.3. The number of methoxy groups -OCH3 is 1. The fourth-order valence-electron chi connectivity index (χ4n) is 1.90. The monoisotopic (exact) mass is 366 g/mol. The van der Waals surface area contributed by atoms with E-state index in [1.807, 2.05) is 6.07 Å². The van der Waals surface area contributed by atoms with Crippen molar-refractivity contribution in [3.8, 4) is 11.8 Å². The Bertz CT molecular complexity index is 951. The highest BCUT2D eigenvalue weighted by molar-refractivity contribution is 7.92. The summed E-state index contributed by atoms with van der Waals surface area (Å²) in [5.41, 5.74) is 0.00634. The Morgan fingerprint density at radius 3 is 2.58 bits per heavy atom. The summed E-state index contributed by atoms with van der Waals surface area (Å²) in [6.45, 7) is 0. The van der Waals surface area contributed by atoms with Crippen LogP contribution in [-0.4, -0.2) is 26.6 Å². The summed E-state index contributed by atoms with van der Waals surface area (Å²) in [4.78, 5) is 10.7. The zero-order chi connectivity index (χ0) is 17.9. The number of carboxylic acid groups (broad SMARTS) is 1. The van der Waals surface area contributed by atoms with Crippen LogP contribution < -0.4 is 9.46 Å². The Morgan fingerprint density at radius 2 is 2.00 bits per heavy atom. The minimum absolute atomic E-state index is 0.0121. The van der Waals surface area contributed by atoms with Crippen LogP contribution in [0.25, 0.3) is 0 Å². The predicted molar refractivity (Wildman–Crippen MR) is 86.9 cm³/mol. The summed E-state index contributed by atoms with van der Waals surface area (Å²) < 4.78 is 32.3. The average molecular weight is 367 g/mol. The number of carboxylic acids is 1. The van der Waals surface area contributed by atoms with Gasteiger partial charge in [-0.1, -0.05) is 11.6 Å². The van der Waals surface area contributed by atoms with Crippen LogP contribution in [-0.2, 0) is 10.0 Å². The van der Waals surface area contributed by atoms with Crippen molar-refractivity contribution < 1.29 is 23.1 Å². The van der Waals surface area contributed by atoms with Gasteiger partial charge in [0.15, 0.2) is 0 Å². The molecule has 2 aromatic rings. The molecule has 2 rings (SSSR count). The molecule has 2 aromatic carbocycles. The van der Waals surface area contributed by atoms with Gasteiger partial charge in [0.05, 0.1) is 28.9 Å². The average Bonchev–Trinajstić information content (AvgIpc) is 2.55. The quantitative estimate of drug-likeness (QED) is 0.840. The molecule has 0 aliphatic rings. The number of sulfonamides is 1. The maximum Gasteiger partial charge on any atom is 0.335 e.